The quantitative estimate of drug-likeness (QED) is 0.409. The van der Waals surface area contributed by atoms with E-state index in [1.807, 2.05) is 0 Å². The third-order valence-electron chi connectivity index (χ3n) is 4.84. The van der Waals surface area contributed by atoms with Crippen LogP contribution in [0.1, 0.15) is 0 Å². The number of amides is 1. The topological polar surface area (TPSA) is 94.2 Å². The molecular weight excluding hydrogens is 522 g/mol. The number of hydrogen-bond donors (Lipinski definition) is 1. The van der Waals surface area contributed by atoms with E-state index in [2.05, 4.69) is 5.32 Å². The number of ether oxygens (including phenoxy) is 3. The molecule has 0 heterocycles. The molecule has 3 aromatic carbocycles. The lowest BCUT2D eigenvalue weighted by molar-refractivity contribution is -0.114. The normalized spacial score (nSPS) is 11.0. The fourth-order valence-corrected chi connectivity index (χ4v) is 4.95. The Kier molecular flexibility index (Phi) is 8.31. The minimum Gasteiger partial charge on any atom is -0.495 e. The maximum absolute atomic E-state index is 13.7. The molecule has 3 aromatic rings. The van der Waals surface area contributed by atoms with E-state index in [9.17, 15) is 17.6 Å². The van der Waals surface area contributed by atoms with Crippen molar-refractivity contribution < 1.29 is 31.8 Å². The first kappa shape index (κ1) is 26.4. The largest absolute Gasteiger partial charge is 0.495 e. The van der Waals surface area contributed by atoms with Crippen molar-refractivity contribution in [2.45, 2.75) is 4.90 Å². The Balaban J connectivity index is 2.07. The Hall–Kier alpha value is -3.21. The van der Waals surface area contributed by atoms with E-state index in [1.54, 1.807) is 0 Å². The van der Waals surface area contributed by atoms with Crippen LogP contribution in [0.25, 0.3) is 0 Å². The Labute approximate surface area is 212 Å². The summed E-state index contributed by atoms with van der Waals surface area (Å²) in [7, 11) is -0.209. The molecule has 0 aromatic heterocycles. The number of carbonyl (C=O) groups is 1. The molecule has 0 fully saturated rings. The number of benzene rings is 3. The Morgan fingerprint density at radius 2 is 1.57 bits per heavy atom. The van der Waals surface area contributed by atoms with Crippen molar-refractivity contribution in [3.8, 4) is 17.2 Å². The molecule has 3 rings (SSSR count). The van der Waals surface area contributed by atoms with Gasteiger partial charge in [-0.1, -0.05) is 23.2 Å². The van der Waals surface area contributed by atoms with Crippen molar-refractivity contribution in [3.05, 3.63) is 70.5 Å². The second-order valence-corrected chi connectivity index (χ2v) is 9.73. The van der Waals surface area contributed by atoms with Crippen LogP contribution >= 0.6 is 23.2 Å². The van der Waals surface area contributed by atoms with Crippen LogP contribution < -0.4 is 23.8 Å². The molecule has 0 spiro atoms. The zero-order chi connectivity index (χ0) is 25.8. The van der Waals surface area contributed by atoms with Crippen LogP contribution in [0, 0.1) is 5.82 Å². The molecule has 0 aliphatic rings. The number of methoxy groups -OCH3 is 3. The van der Waals surface area contributed by atoms with E-state index in [0.29, 0.717) is 5.75 Å². The summed E-state index contributed by atoms with van der Waals surface area (Å²) >= 11 is 11.9. The van der Waals surface area contributed by atoms with E-state index in [0.717, 1.165) is 10.4 Å². The van der Waals surface area contributed by atoms with Gasteiger partial charge >= 0.3 is 0 Å². The molecule has 35 heavy (non-hydrogen) atoms. The first-order chi connectivity index (χ1) is 16.6. The first-order valence-corrected chi connectivity index (χ1v) is 12.1. The minimum absolute atomic E-state index is 0.0297. The van der Waals surface area contributed by atoms with Gasteiger partial charge in [0.25, 0.3) is 10.0 Å². The standard InChI is InChI=1S/C23H21Cl2FN2O6S/c1-32-20-8-4-14(24)10-19(20)28(13-23(29)27-15-5-7-18(26)17(25)11-15)35(30,31)16-6-9-21(33-2)22(12-16)34-3/h4-12H,13H2,1-3H3,(H,27,29). The third-order valence-corrected chi connectivity index (χ3v) is 7.12. The summed E-state index contributed by atoms with van der Waals surface area (Å²) in [5.41, 5.74) is 0.213. The fourth-order valence-electron chi connectivity index (χ4n) is 3.17. The molecule has 0 radical (unpaired) electrons. The van der Waals surface area contributed by atoms with Gasteiger partial charge in [0.15, 0.2) is 11.5 Å². The van der Waals surface area contributed by atoms with Gasteiger partial charge in [-0.15, -0.1) is 0 Å². The van der Waals surface area contributed by atoms with Crippen LogP contribution in [-0.4, -0.2) is 42.2 Å². The number of nitrogens with one attached hydrogen (secondary N) is 1. The van der Waals surface area contributed by atoms with Gasteiger partial charge < -0.3 is 19.5 Å². The molecule has 1 N–H and O–H groups in total. The van der Waals surface area contributed by atoms with Crippen molar-refractivity contribution in [2.24, 2.45) is 0 Å². The van der Waals surface area contributed by atoms with Gasteiger partial charge in [0.1, 0.15) is 18.1 Å². The van der Waals surface area contributed by atoms with Crippen LogP contribution in [0.15, 0.2) is 59.5 Å². The SMILES string of the molecule is COc1ccc(S(=O)(=O)N(CC(=O)Nc2ccc(F)c(Cl)c2)c2cc(Cl)ccc2OC)cc1OC. The highest BCUT2D eigenvalue weighted by atomic mass is 35.5. The molecule has 12 heteroatoms. The first-order valence-electron chi connectivity index (χ1n) is 9.94. The highest BCUT2D eigenvalue weighted by Gasteiger charge is 2.31. The summed E-state index contributed by atoms with van der Waals surface area (Å²) in [4.78, 5) is 12.7. The molecule has 186 valence electrons. The van der Waals surface area contributed by atoms with Crippen LogP contribution in [0.3, 0.4) is 0 Å². The number of anilines is 2. The molecule has 0 unspecified atom stereocenters. The number of halogens is 3. The Bertz CT molecular complexity index is 1350. The van der Waals surface area contributed by atoms with Crippen molar-refractivity contribution in [1.29, 1.82) is 0 Å². The van der Waals surface area contributed by atoms with Gasteiger partial charge in [0, 0.05) is 16.8 Å². The third kappa shape index (κ3) is 5.90. The van der Waals surface area contributed by atoms with Gasteiger partial charge in [-0.3, -0.25) is 9.10 Å². The fraction of sp³-hybridized carbons (Fsp3) is 0.174. The Morgan fingerprint density at radius 1 is 0.914 bits per heavy atom. The second kappa shape index (κ2) is 11.0. The van der Waals surface area contributed by atoms with Gasteiger partial charge in [0.05, 0.1) is 36.9 Å². The summed E-state index contributed by atoms with van der Waals surface area (Å²) in [5.74, 6) is -0.720. The zero-order valence-electron chi connectivity index (χ0n) is 18.8. The summed E-state index contributed by atoms with van der Waals surface area (Å²) in [6, 6.07) is 12.0. The predicted molar refractivity (Wildman–Crippen MR) is 132 cm³/mol. The number of carbonyl (C=O) groups excluding carboxylic acids is 1. The van der Waals surface area contributed by atoms with Gasteiger partial charge in [0.2, 0.25) is 5.91 Å². The average molecular weight is 543 g/mol. The highest BCUT2D eigenvalue weighted by Crippen LogP contribution is 2.37. The highest BCUT2D eigenvalue weighted by molar-refractivity contribution is 7.92. The molecule has 0 saturated heterocycles. The summed E-state index contributed by atoms with van der Waals surface area (Å²) < 4.78 is 57.5. The molecule has 0 aliphatic heterocycles. The second-order valence-electron chi connectivity index (χ2n) is 7.02. The van der Waals surface area contributed by atoms with Gasteiger partial charge in [-0.05, 0) is 48.5 Å². The zero-order valence-corrected chi connectivity index (χ0v) is 21.2. The average Bonchev–Trinajstić information content (AvgIpc) is 2.84. The van der Waals surface area contributed by atoms with Crippen molar-refractivity contribution >= 4 is 50.5 Å². The smallest absolute Gasteiger partial charge is 0.265 e. The van der Waals surface area contributed by atoms with E-state index in [4.69, 9.17) is 37.4 Å². The van der Waals surface area contributed by atoms with Crippen molar-refractivity contribution in [2.75, 3.05) is 37.5 Å². The van der Waals surface area contributed by atoms with E-state index >= 15 is 0 Å². The van der Waals surface area contributed by atoms with Gasteiger partial charge in [-0.25, -0.2) is 12.8 Å². The minimum atomic E-state index is -4.35. The molecule has 1 amide bonds. The monoisotopic (exact) mass is 542 g/mol. The molecular formula is C23H21Cl2FN2O6S. The van der Waals surface area contributed by atoms with E-state index in [1.165, 1.54) is 69.9 Å². The lowest BCUT2D eigenvalue weighted by atomic mass is 10.3. The summed E-state index contributed by atoms with van der Waals surface area (Å²) in [6.45, 7) is -0.664. The number of hydrogen-bond acceptors (Lipinski definition) is 6. The van der Waals surface area contributed by atoms with E-state index < -0.39 is 28.3 Å². The van der Waals surface area contributed by atoms with Crippen LogP contribution in [0.4, 0.5) is 15.8 Å². The summed E-state index contributed by atoms with van der Waals surface area (Å²) in [6.07, 6.45) is 0. The number of nitrogens with zero attached hydrogens (tertiary/aromatic N) is 1. The van der Waals surface area contributed by atoms with Crippen LogP contribution in [0.5, 0.6) is 17.2 Å². The molecule has 0 atom stereocenters. The van der Waals surface area contributed by atoms with Crippen LogP contribution in [0.2, 0.25) is 10.0 Å². The maximum Gasteiger partial charge on any atom is 0.265 e. The summed E-state index contributed by atoms with van der Waals surface area (Å²) in [5, 5.41) is 2.53. The van der Waals surface area contributed by atoms with Crippen molar-refractivity contribution in [3.63, 3.8) is 0 Å². The van der Waals surface area contributed by atoms with E-state index in [-0.39, 0.29) is 37.8 Å². The molecule has 0 aliphatic carbocycles. The Morgan fingerprint density at radius 3 is 2.20 bits per heavy atom. The predicted octanol–water partition coefficient (Wildman–Crippen LogP) is 4.99. The number of rotatable bonds is 9. The molecule has 0 saturated carbocycles. The lowest BCUT2D eigenvalue weighted by Gasteiger charge is -2.26. The maximum atomic E-state index is 13.7. The van der Waals surface area contributed by atoms with Crippen LogP contribution in [-0.2, 0) is 14.8 Å². The molecule has 8 nitrogen and oxygen atoms in total. The molecule has 0 bridgehead atoms. The number of sulfonamides is 1. The van der Waals surface area contributed by atoms with Gasteiger partial charge in [-0.2, -0.15) is 0 Å². The lowest BCUT2D eigenvalue weighted by Crippen LogP contribution is -2.38. The van der Waals surface area contributed by atoms with Crippen molar-refractivity contribution in [1.82, 2.24) is 0 Å².